The summed E-state index contributed by atoms with van der Waals surface area (Å²) in [6, 6.07) is 0. The van der Waals surface area contributed by atoms with E-state index in [0.29, 0.717) is 19.5 Å². The number of amides is 1. The lowest BCUT2D eigenvalue weighted by atomic mass is 10.1. The summed E-state index contributed by atoms with van der Waals surface area (Å²) in [5, 5.41) is 9.25. The SMILES string of the molecule is O=C[N+]1(O)CCCCC1. The van der Waals surface area contributed by atoms with Gasteiger partial charge in [-0.2, -0.15) is 0 Å². The lowest BCUT2D eigenvalue weighted by Gasteiger charge is -2.26. The molecule has 3 nitrogen and oxygen atoms in total. The molecule has 0 aromatic carbocycles. The van der Waals surface area contributed by atoms with Crippen LogP contribution in [-0.2, 0) is 4.79 Å². The molecule has 1 heterocycles. The molecule has 0 unspecified atom stereocenters. The third-order valence-corrected chi connectivity index (χ3v) is 1.79. The summed E-state index contributed by atoms with van der Waals surface area (Å²) in [7, 11) is 0. The molecule has 1 rings (SSSR count). The van der Waals surface area contributed by atoms with Gasteiger partial charge in [0, 0.05) is 12.8 Å². The van der Waals surface area contributed by atoms with E-state index < -0.39 is 0 Å². The largest absolute Gasteiger partial charge is 0.333 e. The predicted octanol–water partition coefficient (Wildman–Crippen LogP) is 0.533. The monoisotopic (exact) mass is 130 g/mol. The van der Waals surface area contributed by atoms with Gasteiger partial charge in [0.1, 0.15) is 13.1 Å². The van der Waals surface area contributed by atoms with Crippen LogP contribution in [0, 0.1) is 0 Å². The summed E-state index contributed by atoms with van der Waals surface area (Å²) in [4.78, 5) is 10.2. The van der Waals surface area contributed by atoms with Crippen LogP contribution in [0.3, 0.4) is 0 Å². The van der Waals surface area contributed by atoms with E-state index in [1.807, 2.05) is 0 Å². The van der Waals surface area contributed by atoms with E-state index in [1.54, 1.807) is 0 Å². The molecule has 9 heavy (non-hydrogen) atoms. The van der Waals surface area contributed by atoms with Crippen molar-refractivity contribution < 1.29 is 14.6 Å². The molecule has 3 heteroatoms. The molecule has 0 aromatic rings. The average molecular weight is 130 g/mol. The third kappa shape index (κ3) is 1.50. The standard InChI is InChI=1S/C6H12NO2/c8-6-7(9)4-2-1-3-5-7/h6,9H,1-5H2/q+1. The van der Waals surface area contributed by atoms with Crippen LogP contribution >= 0.6 is 0 Å². The first kappa shape index (κ1) is 6.71. The Hall–Kier alpha value is -0.410. The van der Waals surface area contributed by atoms with Gasteiger partial charge in [0.05, 0.1) is 0 Å². The average Bonchev–Trinajstić information content (AvgIpc) is 1.90. The Kier molecular flexibility index (Phi) is 1.83. The van der Waals surface area contributed by atoms with Crippen molar-refractivity contribution in [3.8, 4) is 0 Å². The highest BCUT2D eigenvalue weighted by Crippen LogP contribution is 2.12. The van der Waals surface area contributed by atoms with E-state index >= 15 is 0 Å². The van der Waals surface area contributed by atoms with E-state index in [9.17, 15) is 10.0 Å². The maximum absolute atomic E-state index is 10.2. The Morgan fingerprint density at radius 2 is 1.78 bits per heavy atom. The molecule has 1 aliphatic rings. The Morgan fingerprint density at radius 1 is 1.22 bits per heavy atom. The van der Waals surface area contributed by atoms with Crippen molar-refractivity contribution in [1.82, 2.24) is 0 Å². The second-order valence-corrected chi connectivity index (χ2v) is 2.60. The Bertz CT molecular complexity index is 108. The van der Waals surface area contributed by atoms with Crippen LogP contribution < -0.4 is 0 Å². The van der Waals surface area contributed by atoms with Gasteiger partial charge < -0.3 is 0 Å². The second-order valence-electron chi connectivity index (χ2n) is 2.60. The minimum absolute atomic E-state index is 0.361. The van der Waals surface area contributed by atoms with E-state index in [1.165, 1.54) is 0 Å². The van der Waals surface area contributed by atoms with Crippen LogP contribution in [0.25, 0.3) is 0 Å². The topological polar surface area (TPSA) is 37.3 Å². The van der Waals surface area contributed by atoms with Gasteiger partial charge in [0.15, 0.2) is 0 Å². The van der Waals surface area contributed by atoms with Gasteiger partial charge in [-0.25, -0.2) is 10.0 Å². The maximum atomic E-state index is 10.2. The Morgan fingerprint density at radius 3 is 2.11 bits per heavy atom. The highest BCUT2D eigenvalue weighted by molar-refractivity contribution is 5.36. The zero-order valence-corrected chi connectivity index (χ0v) is 5.42. The lowest BCUT2D eigenvalue weighted by molar-refractivity contribution is -1.04. The van der Waals surface area contributed by atoms with E-state index in [0.717, 1.165) is 19.3 Å². The molecular weight excluding hydrogens is 118 g/mol. The minimum Gasteiger partial charge on any atom is -0.231 e. The Labute approximate surface area is 54.4 Å². The summed E-state index contributed by atoms with van der Waals surface area (Å²) in [5.74, 6) is 0. The van der Waals surface area contributed by atoms with E-state index in [-0.39, 0.29) is 4.65 Å². The fourth-order valence-electron chi connectivity index (χ4n) is 1.17. The summed E-state index contributed by atoms with van der Waals surface area (Å²) in [6.45, 7) is 1.20. The van der Waals surface area contributed by atoms with Crippen LogP contribution in [-0.4, -0.2) is 29.4 Å². The number of quaternary nitrogens is 1. The zero-order chi connectivity index (χ0) is 6.74. The molecular formula is C6H12NO2+. The number of nitrogens with zero attached hydrogens (tertiary/aromatic N) is 1. The number of carbonyl (C=O) groups is 1. The number of hydroxylamine groups is 3. The first-order valence-electron chi connectivity index (χ1n) is 3.33. The van der Waals surface area contributed by atoms with Gasteiger partial charge in [-0.15, -0.1) is 4.65 Å². The quantitative estimate of drug-likeness (QED) is 0.319. The van der Waals surface area contributed by atoms with Gasteiger partial charge in [0.25, 0.3) is 0 Å². The molecule has 1 aliphatic heterocycles. The van der Waals surface area contributed by atoms with E-state index in [2.05, 4.69) is 0 Å². The van der Waals surface area contributed by atoms with Gasteiger partial charge in [-0.1, -0.05) is 0 Å². The molecule has 0 saturated carbocycles. The number of hydrogen-bond acceptors (Lipinski definition) is 2. The molecule has 52 valence electrons. The van der Waals surface area contributed by atoms with Crippen molar-refractivity contribution in [3.63, 3.8) is 0 Å². The molecule has 1 N–H and O–H groups in total. The number of likely N-dealkylation sites (tertiary alicyclic amines) is 1. The molecule has 0 bridgehead atoms. The Balaban J connectivity index is 2.46. The lowest BCUT2D eigenvalue weighted by Crippen LogP contribution is -2.47. The number of piperidine rings is 1. The van der Waals surface area contributed by atoms with Crippen LogP contribution in [0.15, 0.2) is 0 Å². The minimum atomic E-state index is -0.361. The molecule has 0 aromatic heterocycles. The van der Waals surface area contributed by atoms with Crippen molar-refractivity contribution >= 4 is 6.41 Å². The van der Waals surface area contributed by atoms with Crippen molar-refractivity contribution in [2.24, 2.45) is 0 Å². The first-order valence-corrected chi connectivity index (χ1v) is 3.33. The fraction of sp³-hybridized carbons (Fsp3) is 0.833. The molecule has 0 spiro atoms. The first-order chi connectivity index (χ1) is 4.27. The number of hydrogen-bond donors (Lipinski definition) is 1. The van der Waals surface area contributed by atoms with E-state index in [4.69, 9.17) is 0 Å². The van der Waals surface area contributed by atoms with Crippen molar-refractivity contribution in [2.75, 3.05) is 13.1 Å². The van der Waals surface area contributed by atoms with Crippen molar-refractivity contribution in [1.29, 1.82) is 0 Å². The van der Waals surface area contributed by atoms with Crippen LogP contribution in [0.4, 0.5) is 0 Å². The second kappa shape index (κ2) is 2.45. The van der Waals surface area contributed by atoms with Gasteiger partial charge in [0.2, 0.25) is 0 Å². The van der Waals surface area contributed by atoms with Gasteiger partial charge in [-0.05, 0) is 6.42 Å². The normalized spacial score (nSPS) is 25.4. The molecule has 1 amide bonds. The predicted molar refractivity (Wildman–Crippen MR) is 31.7 cm³/mol. The molecule has 0 atom stereocenters. The maximum Gasteiger partial charge on any atom is 0.333 e. The molecule has 0 aliphatic carbocycles. The molecule has 0 radical (unpaired) electrons. The summed E-state index contributed by atoms with van der Waals surface area (Å²) < 4.78 is -0.361. The highest BCUT2D eigenvalue weighted by Gasteiger charge is 2.27. The van der Waals surface area contributed by atoms with Gasteiger partial charge in [-0.3, -0.25) is 0 Å². The number of carbonyl (C=O) groups excluding carboxylic acids is 1. The van der Waals surface area contributed by atoms with Crippen LogP contribution in [0.5, 0.6) is 0 Å². The van der Waals surface area contributed by atoms with Crippen LogP contribution in [0.1, 0.15) is 19.3 Å². The summed E-state index contributed by atoms with van der Waals surface area (Å²) >= 11 is 0. The smallest absolute Gasteiger partial charge is 0.231 e. The number of rotatable bonds is 1. The van der Waals surface area contributed by atoms with Crippen molar-refractivity contribution in [2.45, 2.75) is 19.3 Å². The third-order valence-electron chi connectivity index (χ3n) is 1.79. The molecule has 1 saturated heterocycles. The summed E-state index contributed by atoms with van der Waals surface area (Å²) in [6.07, 6.45) is 3.71. The highest BCUT2D eigenvalue weighted by atomic mass is 16.6. The van der Waals surface area contributed by atoms with Gasteiger partial charge >= 0.3 is 6.41 Å². The van der Waals surface area contributed by atoms with Crippen molar-refractivity contribution in [3.05, 3.63) is 0 Å². The fourth-order valence-corrected chi connectivity index (χ4v) is 1.17. The zero-order valence-electron chi connectivity index (χ0n) is 5.42. The van der Waals surface area contributed by atoms with Crippen LogP contribution in [0.2, 0.25) is 0 Å². The molecule has 1 fully saturated rings. The summed E-state index contributed by atoms with van der Waals surface area (Å²) in [5.41, 5.74) is 0.